The molecule has 4 aromatic rings. The average molecular weight is 576 g/mol. The van der Waals surface area contributed by atoms with Crippen molar-refractivity contribution >= 4 is 45.9 Å². The van der Waals surface area contributed by atoms with E-state index in [0.29, 0.717) is 22.0 Å². The van der Waals surface area contributed by atoms with Crippen LogP contribution in [0.1, 0.15) is 54.0 Å². The van der Waals surface area contributed by atoms with Crippen molar-refractivity contribution in [1.82, 2.24) is 14.8 Å². The van der Waals surface area contributed by atoms with Gasteiger partial charge in [0.05, 0.1) is 11.6 Å². The zero-order valence-electron chi connectivity index (χ0n) is 23.3. The normalized spacial score (nSPS) is 11.1. The lowest BCUT2D eigenvalue weighted by Crippen LogP contribution is -2.45. The summed E-state index contributed by atoms with van der Waals surface area (Å²) in [5.41, 5.74) is 3.68. The first-order valence-electron chi connectivity index (χ1n) is 13.2. The molecule has 0 aliphatic carbocycles. The molecule has 0 spiro atoms. The smallest absolute Gasteiger partial charge is 0.243 e. The maximum Gasteiger partial charge on any atom is 0.243 e. The molecule has 0 aliphatic rings. The number of rotatable bonds is 10. The second-order valence-electron chi connectivity index (χ2n) is 10.2. The maximum atomic E-state index is 14.2. The molecule has 0 atom stereocenters. The molecule has 9 heteroatoms. The first-order chi connectivity index (χ1) is 19.5. The molecule has 41 heavy (non-hydrogen) atoms. The van der Waals surface area contributed by atoms with Gasteiger partial charge in [0.25, 0.3) is 0 Å². The third-order valence-electron chi connectivity index (χ3n) is 6.93. The highest BCUT2D eigenvalue weighted by Gasteiger charge is 2.23. The number of halogens is 2. The van der Waals surface area contributed by atoms with E-state index in [4.69, 9.17) is 11.6 Å². The Morgan fingerprint density at radius 1 is 0.951 bits per heavy atom. The summed E-state index contributed by atoms with van der Waals surface area (Å²) in [5.74, 6) is -1.53. The van der Waals surface area contributed by atoms with Crippen molar-refractivity contribution in [2.24, 2.45) is 0 Å². The van der Waals surface area contributed by atoms with E-state index in [2.05, 4.69) is 5.32 Å². The fourth-order valence-corrected chi connectivity index (χ4v) is 4.88. The van der Waals surface area contributed by atoms with Gasteiger partial charge in [0.2, 0.25) is 11.8 Å². The molecule has 212 valence electrons. The monoisotopic (exact) mass is 575 g/mol. The molecule has 2 amide bonds. The Bertz CT molecular complexity index is 1660. The summed E-state index contributed by atoms with van der Waals surface area (Å²) >= 11 is 5.82. The van der Waals surface area contributed by atoms with Gasteiger partial charge in [0.1, 0.15) is 12.4 Å². The number of Topliss-reactive ketones (excluding diaryl/α,β-unsaturated/α-hetero) is 2. The van der Waals surface area contributed by atoms with E-state index in [1.165, 1.54) is 30.9 Å². The molecule has 4 rings (SSSR count). The van der Waals surface area contributed by atoms with Crippen LogP contribution in [0.15, 0.2) is 66.9 Å². The van der Waals surface area contributed by atoms with E-state index in [1.54, 1.807) is 36.7 Å². The van der Waals surface area contributed by atoms with Crippen LogP contribution in [0.5, 0.6) is 0 Å². The summed E-state index contributed by atoms with van der Waals surface area (Å²) in [7, 11) is 0. The van der Waals surface area contributed by atoms with Gasteiger partial charge < -0.3 is 14.8 Å². The van der Waals surface area contributed by atoms with Gasteiger partial charge >= 0.3 is 0 Å². The molecular formula is C32H31ClFN3O4. The summed E-state index contributed by atoms with van der Waals surface area (Å²) in [6.45, 7) is 6.22. The van der Waals surface area contributed by atoms with Crippen LogP contribution in [0.4, 0.5) is 4.39 Å². The first kappa shape index (κ1) is 29.7. The number of nitrogens with zero attached hydrogens (tertiary/aromatic N) is 2. The van der Waals surface area contributed by atoms with Crippen molar-refractivity contribution in [1.29, 1.82) is 0 Å². The summed E-state index contributed by atoms with van der Waals surface area (Å²) in [6, 6.07) is 17.2. The van der Waals surface area contributed by atoms with Gasteiger partial charge in [-0.05, 0) is 63.1 Å². The number of aromatic nitrogens is 1. The minimum atomic E-state index is -0.596. The Kier molecular flexibility index (Phi) is 9.03. The molecular weight excluding hydrogens is 545 g/mol. The SMILES string of the molecule is CC(=O)c1cccc(-c2ccc3c(c2)c(C(C)=O)cn3CC(=O)N(CC(=O)NCc2cccc(Cl)c2F)C(C)C)c1. The molecule has 0 bridgehead atoms. The number of nitrogens with one attached hydrogen (secondary N) is 1. The van der Waals surface area contributed by atoms with Crippen molar-refractivity contribution in [3.05, 3.63) is 94.4 Å². The van der Waals surface area contributed by atoms with Crippen LogP contribution in [0, 0.1) is 5.82 Å². The predicted octanol–water partition coefficient (Wildman–Crippen LogP) is 6.06. The average Bonchev–Trinajstić information content (AvgIpc) is 3.30. The van der Waals surface area contributed by atoms with Crippen LogP contribution in [0.25, 0.3) is 22.0 Å². The number of benzene rings is 3. The van der Waals surface area contributed by atoms with Gasteiger partial charge in [0.15, 0.2) is 11.6 Å². The second kappa shape index (κ2) is 12.5. The van der Waals surface area contributed by atoms with Gasteiger partial charge in [-0.2, -0.15) is 0 Å². The van der Waals surface area contributed by atoms with E-state index in [1.807, 2.05) is 36.4 Å². The molecule has 0 radical (unpaired) electrons. The fourth-order valence-electron chi connectivity index (χ4n) is 4.69. The molecule has 0 unspecified atom stereocenters. The van der Waals surface area contributed by atoms with Gasteiger partial charge in [-0.3, -0.25) is 19.2 Å². The zero-order valence-corrected chi connectivity index (χ0v) is 24.1. The lowest BCUT2D eigenvalue weighted by atomic mass is 9.99. The van der Waals surface area contributed by atoms with Crippen LogP contribution in [0.3, 0.4) is 0 Å². The van der Waals surface area contributed by atoms with E-state index < -0.39 is 11.7 Å². The number of carbonyl (C=O) groups is 4. The Labute approximate surface area is 242 Å². The molecule has 0 aliphatic heterocycles. The molecule has 0 fully saturated rings. The van der Waals surface area contributed by atoms with Crippen molar-refractivity contribution in [3.63, 3.8) is 0 Å². The number of hydrogen-bond acceptors (Lipinski definition) is 4. The molecule has 7 nitrogen and oxygen atoms in total. The standard InChI is InChI=1S/C32H31ClFN3O4/c1-19(2)37(17-30(40)35-15-25-9-6-10-28(33)32(25)34)31(41)18-36-16-27(21(4)39)26-14-24(11-12-29(26)36)23-8-5-7-22(13-23)20(3)38/h5-14,16,19H,15,17-18H2,1-4H3,(H,35,40). The molecule has 3 aromatic carbocycles. The van der Waals surface area contributed by atoms with Crippen LogP contribution in [-0.2, 0) is 22.7 Å². The van der Waals surface area contributed by atoms with Gasteiger partial charge in [-0.15, -0.1) is 0 Å². The number of fused-ring (bicyclic) bond motifs is 1. The summed E-state index contributed by atoms with van der Waals surface area (Å²) in [4.78, 5) is 51.9. The quantitative estimate of drug-likeness (QED) is 0.233. The highest BCUT2D eigenvalue weighted by atomic mass is 35.5. The number of ketones is 2. The van der Waals surface area contributed by atoms with Gasteiger partial charge in [0, 0.05) is 46.4 Å². The third-order valence-corrected chi connectivity index (χ3v) is 7.23. The summed E-state index contributed by atoms with van der Waals surface area (Å²) in [5, 5.41) is 3.31. The number of hydrogen-bond donors (Lipinski definition) is 1. The number of carbonyl (C=O) groups excluding carboxylic acids is 4. The van der Waals surface area contributed by atoms with Crippen LogP contribution < -0.4 is 5.32 Å². The summed E-state index contributed by atoms with van der Waals surface area (Å²) in [6.07, 6.45) is 1.65. The predicted molar refractivity (Wildman–Crippen MR) is 157 cm³/mol. The van der Waals surface area contributed by atoms with Gasteiger partial charge in [-0.1, -0.05) is 48.0 Å². The highest BCUT2D eigenvalue weighted by Crippen LogP contribution is 2.29. The first-order valence-corrected chi connectivity index (χ1v) is 13.6. The van der Waals surface area contributed by atoms with Crippen LogP contribution in [0.2, 0.25) is 5.02 Å². The lowest BCUT2D eigenvalue weighted by Gasteiger charge is -2.26. The topological polar surface area (TPSA) is 88.5 Å². The maximum absolute atomic E-state index is 14.2. The van der Waals surface area contributed by atoms with E-state index in [0.717, 1.165) is 11.1 Å². The molecule has 1 heterocycles. The number of amides is 2. The van der Waals surface area contributed by atoms with E-state index in [-0.39, 0.29) is 53.7 Å². The Balaban J connectivity index is 1.55. The fraction of sp³-hybridized carbons (Fsp3) is 0.250. The van der Waals surface area contributed by atoms with Crippen LogP contribution >= 0.6 is 11.6 Å². The Morgan fingerprint density at radius 2 is 1.66 bits per heavy atom. The second-order valence-corrected chi connectivity index (χ2v) is 10.6. The third kappa shape index (κ3) is 6.72. The largest absolute Gasteiger partial charge is 0.350 e. The van der Waals surface area contributed by atoms with E-state index >= 15 is 0 Å². The summed E-state index contributed by atoms with van der Waals surface area (Å²) < 4.78 is 15.9. The van der Waals surface area contributed by atoms with Crippen molar-refractivity contribution in [3.8, 4) is 11.1 Å². The van der Waals surface area contributed by atoms with Crippen molar-refractivity contribution < 1.29 is 23.6 Å². The lowest BCUT2D eigenvalue weighted by molar-refractivity contribution is -0.138. The Hall–Kier alpha value is -4.30. The van der Waals surface area contributed by atoms with Crippen LogP contribution in [-0.4, -0.2) is 45.4 Å². The molecule has 1 N–H and O–H groups in total. The molecule has 0 saturated heterocycles. The zero-order chi connectivity index (χ0) is 29.8. The minimum Gasteiger partial charge on any atom is -0.350 e. The Morgan fingerprint density at radius 3 is 2.34 bits per heavy atom. The minimum absolute atomic E-state index is 0.0312. The van der Waals surface area contributed by atoms with Gasteiger partial charge in [-0.25, -0.2) is 4.39 Å². The molecule has 0 saturated carbocycles. The highest BCUT2D eigenvalue weighted by molar-refractivity contribution is 6.30. The molecule has 1 aromatic heterocycles. The van der Waals surface area contributed by atoms with E-state index in [9.17, 15) is 23.6 Å². The van der Waals surface area contributed by atoms with Crippen molar-refractivity contribution in [2.45, 2.75) is 46.8 Å². The van der Waals surface area contributed by atoms with Crippen molar-refractivity contribution in [2.75, 3.05) is 6.54 Å².